The number of nitrogens with zero attached hydrogens (tertiary/aromatic N) is 5. The largest absolute Gasteiger partial charge is 0.383 e. The number of hydrogen-bond donors (Lipinski definition) is 1. The number of nitrogen functional groups attached to an aromatic ring is 1. The van der Waals surface area contributed by atoms with Crippen LogP contribution >= 0.6 is 0 Å². The third-order valence-corrected chi connectivity index (χ3v) is 3.60. The molecule has 2 heterocycles. The van der Waals surface area contributed by atoms with Crippen LogP contribution < -0.4 is 16.2 Å². The molecular weight excluding hydrogens is 304 g/mol. The van der Waals surface area contributed by atoms with E-state index < -0.39 is 5.56 Å². The molecule has 2 N–H and O–H groups in total. The van der Waals surface area contributed by atoms with Gasteiger partial charge in [0.1, 0.15) is 5.82 Å². The number of rotatable bonds is 3. The highest BCUT2D eigenvalue weighted by Gasteiger charge is 2.06. The second-order valence-corrected chi connectivity index (χ2v) is 5.63. The summed E-state index contributed by atoms with van der Waals surface area (Å²) in [5.74, 6) is 0.406. The molecule has 0 atom stereocenters. The molecule has 7 heteroatoms. The van der Waals surface area contributed by atoms with E-state index in [4.69, 9.17) is 5.73 Å². The van der Waals surface area contributed by atoms with Gasteiger partial charge in [-0.1, -0.05) is 18.2 Å². The number of anilines is 2. The molecule has 3 aromatic rings. The van der Waals surface area contributed by atoms with E-state index in [0.29, 0.717) is 11.4 Å². The van der Waals surface area contributed by atoms with Crippen molar-refractivity contribution in [1.29, 1.82) is 0 Å². The molecule has 0 fully saturated rings. The van der Waals surface area contributed by atoms with Gasteiger partial charge in [0.25, 0.3) is 11.3 Å². The smallest absolute Gasteiger partial charge is 0.276 e. The van der Waals surface area contributed by atoms with Crippen molar-refractivity contribution in [2.24, 2.45) is 0 Å². The molecule has 1 aromatic carbocycles. The van der Waals surface area contributed by atoms with E-state index in [-0.39, 0.29) is 11.6 Å². The quantitative estimate of drug-likeness (QED) is 0.788. The maximum absolute atomic E-state index is 11.5. The summed E-state index contributed by atoms with van der Waals surface area (Å²) in [5, 5.41) is 4.34. The summed E-state index contributed by atoms with van der Waals surface area (Å²) in [7, 11) is 4.00. The van der Waals surface area contributed by atoms with Gasteiger partial charge in [0, 0.05) is 25.8 Å². The lowest BCUT2D eigenvalue weighted by molar-refractivity contribution is 0.839. The van der Waals surface area contributed by atoms with Gasteiger partial charge in [-0.25, -0.2) is 4.98 Å². The summed E-state index contributed by atoms with van der Waals surface area (Å²) >= 11 is 0. The molecule has 0 radical (unpaired) electrons. The standard InChI is InChI=1S/C17H18N6O/c1-11-14(9-6-12-4-7-13(8-5-12)22(2)3)19-17-20-16(24)10-15(18)23(17)21-11/h4-10H,18H2,1-3H3/b9-6+. The van der Waals surface area contributed by atoms with Gasteiger partial charge in [-0.2, -0.15) is 14.6 Å². The summed E-state index contributed by atoms with van der Waals surface area (Å²) in [6.45, 7) is 1.83. The first-order valence-corrected chi connectivity index (χ1v) is 7.44. The van der Waals surface area contributed by atoms with Gasteiger partial charge >= 0.3 is 0 Å². The maximum atomic E-state index is 11.5. The Morgan fingerprint density at radius 3 is 2.50 bits per heavy atom. The third-order valence-electron chi connectivity index (χ3n) is 3.60. The van der Waals surface area contributed by atoms with Gasteiger partial charge in [-0.15, -0.1) is 0 Å². The molecule has 0 saturated heterocycles. The van der Waals surface area contributed by atoms with Crippen LogP contribution in [-0.4, -0.2) is 33.7 Å². The van der Waals surface area contributed by atoms with Crippen LogP contribution in [0.1, 0.15) is 17.0 Å². The Kier molecular flexibility index (Phi) is 3.99. The first-order chi connectivity index (χ1) is 11.4. The van der Waals surface area contributed by atoms with Gasteiger partial charge < -0.3 is 10.6 Å². The molecule has 24 heavy (non-hydrogen) atoms. The topological polar surface area (TPSA) is 89.4 Å². The van der Waals surface area contributed by atoms with E-state index in [1.807, 2.05) is 62.3 Å². The molecule has 0 unspecified atom stereocenters. The van der Waals surface area contributed by atoms with Crippen molar-refractivity contribution >= 4 is 29.4 Å². The Morgan fingerprint density at radius 2 is 1.83 bits per heavy atom. The fourth-order valence-corrected chi connectivity index (χ4v) is 2.26. The van der Waals surface area contributed by atoms with Crippen LogP contribution in [0.2, 0.25) is 0 Å². The van der Waals surface area contributed by atoms with Gasteiger partial charge in [0.2, 0.25) is 0 Å². The minimum Gasteiger partial charge on any atom is -0.383 e. The van der Waals surface area contributed by atoms with Crippen LogP contribution in [0.5, 0.6) is 0 Å². The molecule has 0 saturated carbocycles. The lowest BCUT2D eigenvalue weighted by Crippen LogP contribution is -2.16. The Bertz CT molecular complexity index is 973. The summed E-state index contributed by atoms with van der Waals surface area (Å²) < 4.78 is 1.36. The van der Waals surface area contributed by atoms with Gasteiger partial charge in [0.15, 0.2) is 0 Å². The Hall–Kier alpha value is -3.22. The van der Waals surface area contributed by atoms with Crippen molar-refractivity contribution < 1.29 is 0 Å². The van der Waals surface area contributed by atoms with Crippen LogP contribution in [0.3, 0.4) is 0 Å². The summed E-state index contributed by atoms with van der Waals surface area (Å²) in [6.07, 6.45) is 3.79. The van der Waals surface area contributed by atoms with Gasteiger partial charge in [0.05, 0.1) is 11.4 Å². The third kappa shape index (κ3) is 3.10. The molecule has 0 amide bonds. The number of aromatic nitrogens is 4. The van der Waals surface area contributed by atoms with Crippen molar-refractivity contribution in [3.63, 3.8) is 0 Å². The van der Waals surface area contributed by atoms with Crippen molar-refractivity contribution in [1.82, 2.24) is 19.6 Å². The van der Waals surface area contributed by atoms with Gasteiger partial charge in [-0.05, 0) is 30.7 Å². The average Bonchev–Trinajstić information content (AvgIpc) is 2.54. The van der Waals surface area contributed by atoms with Crippen molar-refractivity contribution in [2.75, 3.05) is 24.7 Å². The molecule has 122 valence electrons. The summed E-state index contributed by atoms with van der Waals surface area (Å²) in [4.78, 5) is 21.7. The summed E-state index contributed by atoms with van der Waals surface area (Å²) in [6, 6.07) is 9.36. The molecular formula is C17H18N6O. The lowest BCUT2D eigenvalue weighted by atomic mass is 10.1. The van der Waals surface area contributed by atoms with Crippen molar-refractivity contribution in [3.8, 4) is 0 Å². The second-order valence-electron chi connectivity index (χ2n) is 5.63. The maximum Gasteiger partial charge on any atom is 0.276 e. The van der Waals surface area contributed by atoms with E-state index in [1.54, 1.807) is 0 Å². The van der Waals surface area contributed by atoms with E-state index in [2.05, 4.69) is 15.1 Å². The number of nitrogens with two attached hydrogens (primary N) is 1. The van der Waals surface area contributed by atoms with Crippen LogP contribution in [-0.2, 0) is 0 Å². The van der Waals surface area contributed by atoms with Gasteiger partial charge in [-0.3, -0.25) is 4.79 Å². The SMILES string of the molecule is Cc1nn2c(N)cc(=O)nc2nc1/C=C/c1ccc(N(C)C)cc1. The molecule has 7 nitrogen and oxygen atoms in total. The first kappa shape index (κ1) is 15.7. The monoisotopic (exact) mass is 322 g/mol. The number of aryl methyl sites for hydroxylation is 1. The second kappa shape index (κ2) is 6.11. The van der Waals surface area contributed by atoms with Crippen molar-refractivity contribution in [2.45, 2.75) is 6.92 Å². The number of benzene rings is 1. The zero-order chi connectivity index (χ0) is 17.3. The predicted molar refractivity (Wildman–Crippen MR) is 95.9 cm³/mol. The minimum atomic E-state index is -0.431. The molecule has 0 aliphatic heterocycles. The van der Waals surface area contributed by atoms with Crippen molar-refractivity contribution in [3.05, 3.63) is 57.6 Å². The highest BCUT2D eigenvalue weighted by Crippen LogP contribution is 2.15. The molecule has 0 spiro atoms. The molecule has 0 aliphatic rings. The molecule has 2 aromatic heterocycles. The Balaban J connectivity index is 1.97. The zero-order valence-corrected chi connectivity index (χ0v) is 13.8. The fraction of sp³-hybridized carbons (Fsp3) is 0.176. The van der Waals surface area contributed by atoms with Crippen LogP contribution in [0.15, 0.2) is 35.1 Å². The highest BCUT2D eigenvalue weighted by atomic mass is 16.1. The van der Waals surface area contributed by atoms with E-state index in [9.17, 15) is 4.79 Å². The number of hydrogen-bond acceptors (Lipinski definition) is 6. The molecule has 0 aliphatic carbocycles. The van der Waals surface area contributed by atoms with Crippen LogP contribution in [0.25, 0.3) is 17.9 Å². The minimum absolute atomic E-state index is 0.188. The van der Waals surface area contributed by atoms with Crippen LogP contribution in [0, 0.1) is 6.92 Å². The van der Waals surface area contributed by atoms with E-state index in [1.165, 1.54) is 10.6 Å². The Labute approximate surface area is 139 Å². The molecule has 0 bridgehead atoms. The van der Waals surface area contributed by atoms with E-state index in [0.717, 1.165) is 11.3 Å². The zero-order valence-electron chi connectivity index (χ0n) is 13.8. The number of fused-ring (bicyclic) bond motifs is 1. The fourth-order valence-electron chi connectivity index (χ4n) is 2.26. The first-order valence-electron chi connectivity index (χ1n) is 7.44. The summed E-state index contributed by atoms with van der Waals surface area (Å²) in [5.41, 5.74) is 8.86. The normalized spacial score (nSPS) is 11.3. The molecule has 3 rings (SSSR count). The lowest BCUT2D eigenvalue weighted by Gasteiger charge is -2.11. The van der Waals surface area contributed by atoms with Crippen LogP contribution in [0.4, 0.5) is 11.5 Å². The highest BCUT2D eigenvalue weighted by molar-refractivity contribution is 5.70. The van der Waals surface area contributed by atoms with E-state index >= 15 is 0 Å². The predicted octanol–water partition coefficient (Wildman–Crippen LogP) is 1.61. The Morgan fingerprint density at radius 1 is 1.12 bits per heavy atom. The average molecular weight is 322 g/mol.